The standard InChI is InChI=1S/C17H19ClN2O2/c1-12-6-9-20(10-7-12)16(21)11-22-15-5-4-14(18)13-3-2-8-19-17(13)15/h2-5,8,12H,6-7,9-11H2,1H3. The van der Waals surface area contributed by atoms with Gasteiger partial charge in [-0.05, 0) is 43.0 Å². The molecule has 1 aliphatic heterocycles. The molecule has 1 amide bonds. The van der Waals surface area contributed by atoms with Gasteiger partial charge in [0, 0.05) is 24.7 Å². The number of benzene rings is 1. The molecule has 0 saturated carbocycles. The molecule has 1 aromatic carbocycles. The number of pyridine rings is 1. The van der Waals surface area contributed by atoms with Gasteiger partial charge in [-0.1, -0.05) is 18.5 Å². The van der Waals surface area contributed by atoms with Crippen LogP contribution in [0, 0.1) is 5.92 Å². The quantitative estimate of drug-likeness (QED) is 0.869. The molecule has 0 spiro atoms. The largest absolute Gasteiger partial charge is 0.481 e. The highest BCUT2D eigenvalue weighted by Gasteiger charge is 2.20. The molecule has 3 rings (SSSR count). The van der Waals surface area contributed by atoms with Gasteiger partial charge in [0.05, 0.1) is 5.02 Å². The van der Waals surface area contributed by atoms with Crippen molar-refractivity contribution in [1.29, 1.82) is 0 Å². The lowest BCUT2D eigenvalue weighted by atomic mass is 9.99. The Bertz CT molecular complexity index is 681. The van der Waals surface area contributed by atoms with E-state index in [1.54, 1.807) is 18.3 Å². The van der Waals surface area contributed by atoms with Gasteiger partial charge >= 0.3 is 0 Å². The maximum absolute atomic E-state index is 12.2. The number of ether oxygens (including phenoxy) is 1. The number of carbonyl (C=O) groups excluding carboxylic acids is 1. The minimum Gasteiger partial charge on any atom is -0.481 e. The lowest BCUT2D eigenvalue weighted by molar-refractivity contribution is -0.134. The average Bonchev–Trinajstić information content (AvgIpc) is 2.55. The van der Waals surface area contributed by atoms with Gasteiger partial charge in [0.15, 0.2) is 6.61 Å². The summed E-state index contributed by atoms with van der Waals surface area (Å²) in [5, 5.41) is 1.47. The summed E-state index contributed by atoms with van der Waals surface area (Å²) in [6, 6.07) is 7.26. The number of hydrogen-bond acceptors (Lipinski definition) is 3. The maximum Gasteiger partial charge on any atom is 0.260 e. The third-order valence-corrected chi connectivity index (χ3v) is 4.50. The van der Waals surface area contributed by atoms with Crippen molar-refractivity contribution < 1.29 is 9.53 Å². The minimum absolute atomic E-state index is 0.0333. The van der Waals surface area contributed by atoms with Crippen molar-refractivity contribution in [1.82, 2.24) is 9.88 Å². The molecule has 0 unspecified atom stereocenters. The Hall–Kier alpha value is -1.81. The molecule has 4 nitrogen and oxygen atoms in total. The number of hydrogen-bond donors (Lipinski definition) is 0. The Morgan fingerprint density at radius 2 is 2.14 bits per heavy atom. The number of carbonyl (C=O) groups is 1. The number of aromatic nitrogens is 1. The number of fused-ring (bicyclic) bond motifs is 1. The molecule has 0 atom stereocenters. The summed E-state index contributed by atoms with van der Waals surface area (Å²) in [5.41, 5.74) is 0.690. The average molecular weight is 319 g/mol. The second-order valence-electron chi connectivity index (χ2n) is 5.80. The molecule has 22 heavy (non-hydrogen) atoms. The van der Waals surface area contributed by atoms with E-state index in [9.17, 15) is 4.79 Å². The number of nitrogens with zero attached hydrogens (tertiary/aromatic N) is 2. The topological polar surface area (TPSA) is 42.4 Å². The van der Waals surface area contributed by atoms with Crippen LogP contribution in [0.1, 0.15) is 19.8 Å². The summed E-state index contributed by atoms with van der Waals surface area (Å²) in [7, 11) is 0. The number of halogens is 1. The number of amides is 1. The zero-order valence-corrected chi connectivity index (χ0v) is 13.3. The van der Waals surface area contributed by atoms with E-state index in [0.717, 1.165) is 31.3 Å². The smallest absolute Gasteiger partial charge is 0.260 e. The highest BCUT2D eigenvalue weighted by atomic mass is 35.5. The van der Waals surface area contributed by atoms with Crippen molar-refractivity contribution in [2.24, 2.45) is 5.92 Å². The number of piperidine rings is 1. The zero-order chi connectivity index (χ0) is 15.5. The van der Waals surface area contributed by atoms with Gasteiger partial charge in [-0.3, -0.25) is 9.78 Å². The lowest BCUT2D eigenvalue weighted by Gasteiger charge is -2.30. The van der Waals surface area contributed by atoms with Crippen LogP contribution in [0.3, 0.4) is 0 Å². The second-order valence-corrected chi connectivity index (χ2v) is 6.20. The normalized spacial score (nSPS) is 16.0. The molecule has 1 aliphatic rings. The van der Waals surface area contributed by atoms with Crippen molar-refractivity contribution in [2.75, 3.05) is 19.7 Å². The van der Waals surface area contributed by atoms with Crippen LogP contribution in [-0.4, -0.2) is 35.5 Å². The first-order valence-corrected chi connectivity index (χ1v) is 7.97. The van der Waals surface area contributed by atoms with Gasteiger partial charge in [0.1, 0.15) is 11.3 Å². The van der Waals surface area contributed by atoms with E-state index in [1.165, 1.54) is 0 Å². The van der Waals surface area contributed by atoms with Crippen molar-refractivity contribution >= 4 is 28.4 Å². The van der Waals surface area contributed by atoms with Crippen LogP contribution in [0.15, 0.2) is 30.5 Å². The first-order valence-electron chi connectivity index (χ1n) is 7.59. The monoisotopic (exact) mass is 318 g/mol. The molecule has 1 saturated heterocycles. The molecule has 2 aromatic rings. The van der Waals surface area contributed by atoms with Gasteiger partial charge in [-0.15, -0.1) is 0 Å². The first-order chi connectivity index (χ1) is 10.6. The first kappa shape index (κ1) is 15.1. The predicted octanol–water partition coefficient (Wildman–Crippen LogP) is 3.53. The molecule has 0 radical (unpaired) electrons. The van der Waals surface area contributed by atoms with Crippen LogP contribution < -0.4 is 4.74 Å². The molecule has 0 bridgehead atoms. The van der Waals surface area contributed by atoms with Crippen LogP contribution in [0.25, 0.3) is 10.9 Å². The Morgan fingerprint density at radius 1 is 1.36 bits per heavy atom. The van der Waals surface area contributed by atoms with E-state index < -0.39 is 0 Å². The molecule has 1 aromatic heterocycles. The van der Waals surface area contributed by atoms with Crippen molar-refractivity contribution in [3.05, 3.63) is 35.5 Å². The van der Waals surface area contributed by atoms with E-state index in [0.29, 0.717) is 22.2 Å². The summed E-state index contributed by atoms with van der Waals surface area (Å²) in [6.07, 6.45) is 3.83. The fourth-order valence-corrected chi connectivity index (χ4v) is 2.93. The minimum atomic E-state index is 0.0333. The van der Waals surface area contributed by atoms with Crippen LogP contribution in [0.5, 0.6) is 5.75 Å². The number of rotatable bonds is 3. The molecular formula is C17H19ClN2O2. The molecule has 116 valence electrons. The van der Waals surface area contributed by atoms with Crippen LogP contribution in [0.2, 0.25) is 5.02 Å². The maximum atomic E-state index is 12.2. The molecular weight excluding hydrogens is 300 g/mol. The SMILES string of the molecule is CC1CCN(C(=O)COc2ccc(Cl)c3cccnc23)CC1. The molecule has 0 N–H and O–H groups in total. The predicted molar refractivity (Wildman–Crippen MR) is 87.2 cm³/mol. The van der Waals surface area contributed by atoms with Gasteiger partial charge < -0.3 is 9.64 Å². The van der Waals surface area contributed by atoms with Crippen LogP contribution in [-0.2, 0) is 4.79 Å². The Morgan fingerprint density at radius 3 is 2.91 bits per heavy atom. The summed E-state index contributed by atoms with van der Waals surface area (Å²) >= 11 is 6.16. The summed E-state index contributed by atoms with van der Waals surface area (Å²) in [6.45, 7) is 3.91. The van der Waals surface area contributed by atoms with E-state index in [-0.39, 0.29) is 12.5 Å². The van der Waals surface area contributed by atoms with Crippen LogP contribution >= 0.6 is 11.6 Å². The fourth-order valence-electron chi connectivity index (χ4n) is 2.72. The Kier molecular flexibility index (Phi) is 4.48. The Labute approximate surface area is 135 Å². The van der Waals surface area contributed by atoms with Gasteiger partial charge in [-0.25, -0.2) is 0 Å². The molecule has 0 aliphatic carbocycles. The summed E-state index contributed by atoms with van der Waals surface area (Å²) < 4.78 is 5.70. The highest BCUT2D eigenvalue weighted by molar-refractivity contribution is 6.35. The van der Waals surface area contributed by atoms with E-state index >= 15 is 0 Å². The van der Waals surface area contributed by atoms with Crippen molar-refractivity contribution in [3.63, 3.8) is 0 Å². The third kappa shape index (κ3) is 3.17. The molecule has 1 fully saturated rings. The van der Waals surface area contributed by atoms with Gasteiger partial charge in [0.2, 0.25) is 0 Å². The van der Waals surface area contributed by atoms with E-state index in [2.05, 4.69) is 11.9 Å². The zero-order valence-electron chi connectivity index (χ0n) is 12.6. The van der Waals surface area contributed by atoms with Crippen LogP contribution in [0.4, 0.5) is 0 Å². The highest BCUT2D eigenvalue weighted by Crippen LogP contribution is 2.29. The van der Waals surface area contributed by atoms with E-state index in [1.807, 2.05) is 17.0 Å². The second kappa shape index (κ2) is 6.53. The van der Waals surface area contributed by atoms with Crippen molar-refractivity contribution in [3.8, 4) is 5.75 Å². The third-order valence-electron chi connectivity index (χ3n) is 4.17. The van der Waals surface area contributed by atoms with E-state index in [4.69, 9.17) is 16.3 Å². The van der Waals surface area contributed by atoms with Gasteiger partial charge in [-0.2, -0.15) is 0 Å². The summed E-state index contributed by atoms with van der Waals surface area (Å²) in [5.74, 6) is 1.33. The molecule has 5 heteroatoms. The lowest BCUT2D eigenvalue weighted by Crippen LogP contribution is -2.40. The van der Waals surface area contributed by atoms with Gasteiger partial charge in [0.25, 0.3) is 5.91 Å². The summed E-state index contributed by atoms with van der Waals surface area (Å²) in [4.78, 5) is 18.4. The molecule has 2 heterocycles. The Balaban J connectivity index is 1.69. The van der Waals surface area contributed by atoms with Crippen molar-refractivity contribution in [2.45, 2.75) is 19.8 Å². The number of likely N-dealkylation sites (tertiary alicyclic amines) is 1. The fraction of sp³-hybridized carbons (Fsp3) is 0.412.